The number of hydrogen-bond acceptors (Lipinski definition) is 14. The summed E-state index contributed by atoms with van der Waals surface area (Å²) in [6, 6.07) is 10.5. The molecule has 7 heterocycles. The summed E-state index contributed by atoms with van der Waals surface area (Å²) >= 11 is 1.27. The van der Waals surface area contributed by atoms with E-state index in [1.54, 1.807) is 53.3 Å². The van der Waals surface area contributed by atoms with E-state index in [4.69, 9.17) is 0 Å². The molecule has 9 rings (SSSR count). The highest BCUT2D eigenvalue weighted by atomic mass is 32.2. The number of nitrogens with zero attached hydrogens (tertiary/aromatic N) is 10. The van der Waals surface area contributed by atoms with E-state index in [2.05, 4.69) is 35.5 Å². The molecule has 66 heavy (non-hydrogen) atoms. The number of fused-ring (bicyclic) bond motifs is 2. The van der Waals surface area contributed by atoms with Gasteiger partial charge in [-0.05, 0) is 63.6 Å². The summed E-state index contributed by atoms with van der Waals surface area (Å²) < 4.78 is 32.1. The largest absolute Gasteiger partial charge is 0.367 e. The first kappa shape index (κ1) is 44.2. The van der Waals surface area contributed by atoms with Crippen LogP contribution in [0.4, 0.5) is 31.9 Å². The minimum absolute atomic E-state index is 0.0106. The van der Waals surface area contributed by atoms with Crippen molar-refractivity contribution in [2.24, 2.45) is 0 Å². The van der Waals surface area contributed by atoms with Gasteiger partial charge in [0.25, 0.3) is 11.8 Å². The van der Waals surface area contributed by atoms with Crippen LogP contribution in [-0.4, -0.2) is 145 Å². The van der Waals surface area contributed by atoms with E-state index >= 15 is 8.78 Å². The molecule has 3 aromatic heterocycles. The first-order chi connectivity index (χ1) is 31.7. The first-order valence-electron chi connectivity index (χ1n) is 21.7. The molecule has 1 atom stereocenters. The maximum absolute atomic E-state index is 15.2. The number of thioether (sulfide) groups is 1. The third kappa shape index (κ3) is 8.49. The average Bonchev–Trinajstić information content (AvgIpc) is 3.79. The zero-order valence-corrected chi connectivity index (χ0v) is 37.2. The van der Waals surface area contributed by atoms with E-state index in [1.807, 2.05) is 29.4 Å². The van der Waals surface area contributed by atoms with Crippen molar-refractivity contribution < 1.29 is 37.5 Å². The van der Waals surface area contributed by atoms with E-state index in [9.17, 15) is 28.8 Å². The number of carbonyl (C=O) groups excluding carboxylic acids is 6. The number of pyridine rings is 1. The number of aromatic nitrogens is 5. The second-order valence-corrected chi connectivity index (χ2v) is 17.7. The lowest BCUT2D eigenvalue weighted by molar-refractivity contribution is -0.136. The normalized spacial score (nSPS) is 17.8. The smallest absolute Gasteiger partial charge is 0.264 e. The van der Waals surface area contributed by atoms with Crippen molar-refractivity contribution in [2.75, 3.05) is 79.0 Å². The van der Waals surface area contributed by atoms with Crippen LogP contribution in [0.5, 0.6) is 0 Å². The summed E-state index contributed by atoms with van der Waals surface area (Å²) in [5, 5.41) is 5.22. The summed E-state index contributed by atoms with van der Waals surface area (Å²) in [6.45, 7) is 9.48. The molecule has 0 bridgehead atoms. The molecule has 4 aliphatic heterocycles. The molecule has 0 aliphatic carbocycles. The van der Waals surface area contributed by atoms with Gasteiger partial charge in [0.1, 0.15) is 28.9 Å². The van der Waals surface area contributed by atoms with Crippen molar-refractivity contribution in [1.29, 1.82) is 0 Å². The molecule has 21 heteroatoms. The van der Waals surface area contributed by atoms with Crippen molar-refractivity contribution in [2.45, 2.75) is 45.7 Å². The van der Waals surface area contributed by atoms with E-state index in [1.165, 1.54) is 17.8 Å². The lowest BCUT2D eigenvalue weighted by Crippen LogP contribution is -2.54. The minimum Gasteiger partial charge on any atom is -0.367 e. The average molecular weight is 921 g/mol. The van der Waals surface area contributed by atoms with Gasteiger partial charge in [0.05, 0.1) is 51.9 Å². The lowest BCUT2D eigenvalue weighted by Gasteiger charge is -2.37. The van der Waals surface area contributed by atoms with Crippen molar-refractivity contribution >= 4 is 81.4 Å². The van der Waals surface area contributed by atoms with Gasteiger partial charge in [-0.25, -0.2) is 28.7 Å². The highest BCUT2D eigenvalue weighted by Crippen LogP contribution is 2.35. The molecule has 3 fully saturated rings. The maximum Gasteiger partial charge on any atom is 0.264 e. The second-order valence-electron chi connectivity index (χ2n) is 16.7. The molecule has 18 nitrogen and oxygen atoms in total. The van der Waals surface area contributed by atoms with Gasteiger partial charge in [0.15, 0.2) is 11.6 Å². The Hall–Kier alpha value is -7.03. The van der Waals surface area contributed by atoms with Gasteiger partial charge >= 0.3 is 0 Å². The molecule has 3 saturated heterocycles. The Morgan fingerprint density at radius 3 is 2.18 bits per heavy atom. The van der Waals surface area contributed by atoms with Crippen LogP contribution in [0.2, 0.25) is 0 Å². The van der Waals surface area contributed by atoms with E-state index in [0.29, 0.717) is 75.2 Å². The molecule has 0 spiro atoms. The summed E-state index contributed by atoms with van der Waals surface area (Å²) in [6.07, 6.45) is 2.82. The summed E-state index contributed by atoms with van der Waals surface area (Å²) in [5.41, 5.74) is 2.77. The zero-order valence-electron chi connectivity index (χ0n) is 36.4. The third-order valence-corrected chi connectivity index (χ3v) is 13.2. The number of aryl methyl sites for hydroxylation is 1. The predicted molar refractivity (Wildman–Crippen MR) is 241 cm³/mol. The number of nitrogens with one attached hydrogen (secondary N) is 2. The zero-order chi connectivity index (χ0) is 46.4. The first-order valence-corrected chi connectivity index (χ1v) is 22.8. The quantitative estimate of drug-likeness (QED) is 0.181. The number of carbonyl (C=O) groups is 6. The van der Waals surface area contributed by atoms with Gasteiger partial charge in [-0.3, -0.25) is 39.0 Å². The number of amides is 6. The molecule has 1 unspecified atom stereocenters. The topological polar surface area (TPSA) is 199 Å². The number of rotatable bonds is 11. The third-order valence-electron chi connectivity index (χ3n) is 12.3. The Morgan fingerprint density at radius 2 is 1.53 bits per heavy atom. The van der Waals surface area contributed by atoms with E-state index < -0.39 is 41.3 Å². The number of hydrogen-bond donors (Lipinski definition) is 2. The summed E-state index contributed by atoms with van der Waals surface area (Å²) in [7, 11) is 0. The van der Waals surface area contributed by atoms with Crippen LogP contribution in [0.1, 0.15) is 59.3 Å². The van der Waals surface area contributed by atoms with Gasteiger partial charge in [-0.2, -0.15) is 0 Å². The fourth-order valence-electron chi connectivity index (χ4n) is 9.03. The highest BCUT2D eigenvalue weighted by Gasteiger charge is 2.46. The summed E-state index contributed by atoms with van der Waals surface area (Å²) in [4.78, 5) is 103. The maximum atomic E-state index is 15.2. The van der Waals surface area contributed by atoms with E-state index in [0.717, 1.165) is 16.8 Å². The van der Waals surface area contributed by atoms with Crippen molar-refractivity contribution in [3.63, 3.8) is 0 Å². The van der Waals surface area contributed by atoms with Crippen LogP contribution >= 0.6 is 11.8 Å². The molecule has 342 valence electrons. The Labute approximate surface area is 381 Å². The van der Waals surface area contributed by atoms with Crippen LogP contribution in [0.3, 0.4) is 0 Å². The van der Waals surface area contributed by atoms with Crippen LogP contribution < -0.4 is 20.4 Å². The SMILES string of the molecule is Cc1nc2c(F)cc(-c3nc(Nc4ccc(N5CCN(C(=O)CSCC(=O)N6CCN(c7cccc8c7C(=O)N(C7CCC(=O)NC7=O)C8=O)CC6)CC5)cn4)ncc3F)cc2n1C(C)C. The molecule has 2 N–H and O–H groups in total. The number of halogens is 2. The van der Waals surface area contributed by atoms with E-state index in [-0.39, 0.29) is 76.1 Å². The molecular formula is C45H46F2N12O6S. The summed E-state index contributed by atoms with van der Waals surface area (Å²) in [5.74, 6) is -2.24. The van der Waals surface area contributed by atoms with Crippen LogP contribution in [0, 0.1) is 18.6 Å². The second kappa shape index (κ2) is 18.1. The molecule has 2 aromatic carbocycles. The Bertz CT molecular complexity index is 2790. The van der Waals surface area contributed by atoms with Gasteiger partial charge < -0.3 is 29.5 Å². The number of imide groups is 2. The van der Waals surface area contributed by atoms with Crippen LogP contribution in [-0.2, 0) is 19.2 Å². The highest BCUT2D eigenvalue weighted by molar-refractivity contribution is 8.00. The number of imidazole rings is 1. The van der Waals surface area contributed by atoms with Gasteiger partial charge in [0, 0.05) is 70.4 Å². The standard InChI is InChI=1S/C45H46F2N12O6S/c1-25(2)58-26(3)50-41-30(46)19-27(20-34(41)58)40-31(47)22-49-45(53-40)51-35-9-7-28(21-48-35)54-11-15-56(16-12-54)37(61)23-66-24-38(62)57-17-13-55(14-18-57)32-6-4-5-29-39(32)44(65)59(43(29)64)33-8-10-36(60)52-42(33)63/h4-7,9,19-22,25,33H,8,10-18,23-24H2,1-3H3,(H,52,60,63)(H,48,49,51,53). The molecule has 0 radical (unpaired) electrons. The van der Waals surface area contributed by atoms with Gasteiger partial charge in [-0.1, -0.05) is 6.07 Å². The lowest BCUT2D eigenvalue weighted by atomic mass is 10.0. The van der Waals surface area contributed by atoms with Crippen molar-refractivity contribution in [3.8, 4) is 11.3 Å². The van der Waals surface area contributed by atoms with Crippen LogP contribution in [0.15, 0.2) is 54.9 Å². The fourth-order valence-corrected chi connectivity index (χ4v) is 9.84. The number of piperidine rings is 1. The van der Waals surface area contributed by atoms with Crippen LogP contribution in [0.25, 0.3) is 22.3 Å². The molecule has 4 aliphatic rings. The van der Waals surface area contributed by atoms with Crippen molar-refractivity contribution in [3.05, 3.63) is 83.4 Å². The minimum atomic E-state index is -1.06. The molecule has 5 aromatic rings. The fraction of sp³-hybridized carbons (Fsp3) is 0.378. The monoisotopic (exact) mass is 920 g/mol. The van der Waals surface area contributed by atoms with Gasteiger partial charge in [0.2, 0.25) is 29.6 Å². The molecule has 6 amide bonds. The number of benzene rings is 2. The Kier molecular flexibility index (Phi) is 12.1. The van der Waals surface area contributed by atoms with Crippen molar-refractivity contribution in [1.82, 2.24) is 44.5 Å². The van der Waals surface area contributed by atoms with Gasteiger partial charge in [-0.15, -0.1) is 11.8 Å². The predicted octanol–water partition coefficient (Wildman–Crippen LogP) is 3.93. The Morgan fingerprint density at radius 1 is 0.833 bits per heavy atom. The number of anilines is 4. The number of piperazine rings is 2. The molecular weight excluding hydrogens is 875 g/mol. The molecule has 0 saturated carbocycles. The Balaban J connectivity index is 0.726.